The Bertz CT molecular complexity index is 800. The van der Waals surface area contributed by atoms with Crippen molar-refractivity contribution in [1.82, 2.24) is 0 Å². The summed E-state index contributed by atoms with van der Waals surface area (Å²) in [6.07, 6.45) is 2.63. The van der Waals surface area contributed by atoms with Crippen LogP contribution in [0.2, 0.25) is 5.02 Å². The predicted molar refractivity (Wildman–Crippen MR) is 113 cm³/mol. The maximum Gasteiger partial charge on any atom is 0.311 e. The first-order valence-corrected chi connectivity index (χ1v) is 10.1. The summed E-state index contributed by atoms with van der Waals surface area (Å²) in [7, 11) is 3.13. The van der Waals surface area contributed by atoms with E-state index in [-0.39, 0.29) is 23.5 Å². The van der Waals surface area contributed by atoms with Crippen molar-refractivity contribution in [3.05, 3.63) is 59.1 Å². The molecule has 0 bridgehead atoms. The topological polar surface area (TPSA) is 38.8 Å². The zero-order valence-electron chi connectivity index (χ0n) is 16.9. The van der Waals surface area contributed by atoms with Gasteiger partial charge in [-0.15, -0.1) is 0 Å². The number of esters is 1. The molecule has 1 aliphatic heterocycles. The zero-order valence-corrected chi connectivity index (χ0v) is 17.7. The van der Waals surface area contributed by atoms with E-state index in [9.17, 15) is 4.79 Å². The summed E-state index contributed by atoms with van der Waals surface area (Å²) in [5.74, 6) is 0.407. The van der Waals surface area contributed by atoms with Crippen LogP contribution in [0.3, 0.4) is 0 Å². The molecule has 5 heteroatoms. The molecule has 1 aliphatic rings. The summed E-state index contributed by atoms with van der Waals surface area (Å²) < 4.78 is 10.5. The Kier molecular flexibility index (Phi) is 6.19. The number of rotatable bonds is 6. The highest BCUT2D eigenvalue weighted by molar-refractivity contribution is 6.30. The summed E-state index contributed by atoms with van der Waals surface area (Å²) in [5.41, 5.74) is 2.02. The maximum absolute atomic E-state index is 12.8. The lowest BCUT2D eigenvalue weighted by Gasteiger charge is -2.42. The highest BCUT2D eigenvalue weighted by Crippen LogP contribution is 2.52. The van der Waals surface area contributed by atoms with Gasteiger partial charge in [0.25, 0.3) is 0 Å². The molecule has 0 aromatic heterocycles. The molecule has 0 saturated carbocycles. The minimum atomic E-state index is -0.242. The molecule has 0 radical (unpaired) electrons. The van der Waals surface area contributed by atoms with Crippen molar-refractivity contribution in [2.75, 3.05) is 19.1 Å². The molecule has 4 nitrogen and oxygen atoms in total. The zero-order chi connectivity index (χ0) is 20.3. The van der Waals surface area contributed by atoms with Gasteiger partial charge < -0.3 is 14.4 Å². The van der Waals surface area contributed by atoms with Gasteiger partial charge in [-0.25, -0.2) is 0 Å². The van der Waals surface area contributed by atoms with Crippen LogP contribution in [0.4, 0.5) is 5.69 Å². The first-order valence-electron chi connectivity index (χ1n) is 9.76. The minimum Gasteiger partial charge on any atom is -0.497 e. The average molecular weight is 402 g/mol. The number of anilines is 1. The number of hydrogen-bond donors (Lipinski definition) is 0. The van der Waals surface area contributed by atoms with Crippen molar-refractivity contribution in [2.24, 2.45) is 5.92 Å². The Hall–Kier alpha value is -2.20. The molecular weight excluding hydrogens is 374 g/mol. The fourth-order valence-corrected chi connectivity index (χ4v) is 4.68. The van der Waals surface area contributed by atoms with Gasteiger partial charge in [-0.3, -0.25) is 4.79 Å². The smallest absolute Gasteiger partial charge is 0.311 e. The van der Waals surface area contributed by atoms with Crippen LogP contribution in [-0.2, 0) is 9.53 Å². The van der Waals surface area contributed by atoms with Crippen molar-refractivity contribution in [1.29, 1.82) is 0 Å². The maximum atomic E-state index is 12.8. The van der Waals surface area contributed by atoms with Crippen LogP contribution in [0.5, 0.6) is 5.75 Å². The second-order valence-corrected chi connectivity index (χ2v) is 7.77. The summed E-state index contributed by atoms with van der Waals surface area (Å²) >= 11 is 6.12. The molecule has 150 valence electrons. The monoisotopic (exact) mass is 401 g/mol. The van der Waals surface area contributed by atoms with Gasteiger partial charge >= 0.3 is 5.97 Å². The molecule has 1 heterocycles. The number of ether oxygens (including phenoxy) is 2. The largest absolute Gasteiger partial charge is 0.497 e. The summed E-state index contributed by atoms with van der Waals surface area (Å²) in [5, 5.41) is 0.685. The van der Waals surface area contributed by atoms with Crippen LogP contribution < -0.4 is 9.64 Å². The molecule has 2 aromatic rings. The van der Waals surface area contributed by atoms with Crippen molar-refractivity contribution in [3.8, 4) is 5.75 Å². The van der Waals surface area contributed by atoms with Crippen molar-refractivity contribution in [3.63, 3.8) is 0 Å². The van der Waals surface area contributed by atoms with Crippen LogP contribution in [0.15, 0.2) is 48.5 Å². The Morgan fingerprint density at radius 3 is 2.18 bits per heavy atom. The van der Waals surface area contributed by atoms with E-state index in [1.54, 1.807) is 7.11 Å². The van der Waals surface area contributed by atoms with E-state index < -0.39 is 0 Å². The number of nitrogens with zero attached hydrogens (tertiary/aromatic N) is 1. The third-order valence-corrected chi connectivity index (χ3v) is 6.40. The van der Waals surface area contributed by atoms with Crippen LogP contribution in [0.25, 0.3) is 0 Å². The third-order valence-electron chi connectivity index (χ3n) is 6.15. The summed E-state index contributed by atoms with van der Waals surface area (Å²) in [6, 6.07) is 15.8. The first-order chi connectivity index (χ1) is 13.5. The fraction of sp³-hybridized carbons (Fsp3) is 0.435. The van der Waals surface area contributed by atoms with Crippen molar-refractivity contribution in [2.45, 2.75) is 44.7 Å². The molecule has 0 amide bonds. The second kappa shape index (κ2) is 8.44. The number of hydrogen-bond acceptors (Lipinski definition) is 4. The first kappa shape index (κ1) is 20.5. The Morgan fingerprint density at radius 2 is 1.68 bits per heavy atom. The molecule has 2 atom stereocenters. The van der Waals surface area contributed by atoms with E-state index in [1.807, 2.05) is 36.4 Å². The summed E-state index contributed by atoms with van der Waals surface area (Å²) in [6.45, 7) is 4.39. The van der Waals surface area contributed by atoms with Gasteiger partial charge in [0, 0.05) is 16.2 Å². The van der Waals surface area contributed by atoms with Crippen molar-refractivity contribution < 1.29 is 14.3 Å². The normalized spacial score (nSPS) is 20.8. The molecule has 0 N–H and O–H groups in total. The molecule has 0 unspecified atom stereocenters. The molecule has 1 fully saturated rings. The molecular formula is C23H28ClNO3. The Morgan fingerprint density at radius 1 is 1.07 bits per heavy atom. The highest BCUT2D eigenvalue weighted by Gasteiger charge is 2.53. The lowest BCUT2D eigenvalue weighted by atomic mass is 9.85. The molecule has 2 aromatic carbocycles. The van der Waals surface area contributed by atoms with Gasteiger partial charge in [0.05, 0.1) is 26.2 Å². The van der Waals surface area contributed by atoms with Crippen LogP contribution >= 0.6 is 11.6 Å². The van der Waals surface area contributed by atoms with Crippen LogP contribution in [0.1, 0.15) is 44.7 Å². The molecule has 1 saturated heterocycles. The minimum absolute atomic E-state index is 0.113. The van der Waals surface area contributed by atoms with Gasteiger partial charge in [-0.1, -0.05) is 37.6 Å². The number of halogens is 1. The lowest BCUT2D eigenvalue weighted by molar-refractivity contribution is -0.145. The standard InChI is InChI=1S/C23H28ClNO3/c1-5-23(6-2)15-20(22(26)28-4)21(16-7-9-17(24)10-8-16)25(23)18-11-13-19(27-3)14-12-18/h7-14,20-21H,5-6,15H2,1-4H3/t20-,21-/m1/s1. The highest BCUT2D eigenvalue weighted by atomic mass is 35.5. The van der Waals surface area contributed by atoms with Crippen LogP contribution in [-0.4, -0.2) is 25.7 Å². The second-order valence-electron chi connectivity index (χ2n) is 7.33. The average Bonchev–Trinajstić information content (AvgIpc) is 3.09. The fourth-order valence-electron chi connectivity index (χ4n) is 4.56. The van der Waals surface area contributed by atoms with Gasteiger partial charge in [0.15, 0.2) is 0 Å². The lowest BCUT2D eigenvalue weighted by Crippen LogP contribution is -2.44. The number of methoxy groups -OCH3 is 2. The van der Waals surface area contributed by atoms with Gasteiger partial charge in [-0.05, 0) is 61.2 Å². The van der Waals surface area contributed by atoms with E-state index in [0.29, 0.717) is 5.02 Å². The van der Waals surface area contributed by atoms with E-state index in [2.05, 4.69) is 30.9 Å². The van der Waals surface area contributed by atoms with E-state index in [4.69, 9.17) is 21.1 Å². The van der Waals surface area contributed by atoms with Gasteiger partial charge in [0.2, 0.25) is 0 Å². The van der Waals surface area contributed by atoms with E-state index in [1.165, 1.54) is 7.11 Å². The summed E-state index contributed by atoms with van der Waals surface area (Å²) in [4.78, 5) is 15.2. The van der Waals surface area contributed by atoms with Gasteiger partial charge in [-0.2, -0.15) is 0 Å². The number of benzene rings is 2. The van der Waals surface area contributed by atoms with Crippen LogP contribution in [0, 0.1) is 5.92 Å². The van der Waals surface area contributed by atoms with Gasteiger partial charge in [0.1, 0.15) is 5.75 Å². The van der Waals surface area contributed by atoms with E-state index >= 15 is 0 Å². The SMILES string of the molecule is CCC1(CC)C[C@@H](C(=O)OC)[C@@H](c2ccc(Cl)cc2)N1c1ccc(OC)cc1. The Balaban J connectivity index is 2.16. The molecule has 0 spiro atoms. The number of carbonyl (C=O) groups excluding carboxylic acids is 1. The molecule has 3 rings (SSSR count). The quantitative estimate of drug-likeness (QED) is 0.586. The predicted octanol–water partition coefficient (Wildman–Crippen LogP) is 5.65. The van der Waals surface area contributed by atoms with E-state index in [0.717, 1.165) is 36.3 Å². The Labute approximate surface area is 172 Å². The molecule has 28 heavy (non-hydrogen) atoms. The molecule has 0 aliphatic carbocycles. The van der Waals surface area contributed by atoms with Crippen molar-refractivity contribution >= 4 is 23.3 Å². The number of carbonyl (C=O) groups is 1. The third kappa shape index (κ3) is 3.58.